The van der Waals surface area contributed by atoms with Gasteiger partial charge in [-0.2, -0.15) is 0 Å². The van der Waals surface area contributed by atoms with Crippen molar-refractivity contribution in [1.29, 1.82) is 0 Å². The second-order valence-corrected chi connectivity index (χ2v) is 8.57. The van der Waals surface area contributed by atoms with Gasteiger partial charge in [0.15, 0.2) is 0 Å². The molecule has 7 nitrogen and oxygen atoms in total. The zero-order valence-corrected chi connectivity index (χ0v) is 17.4. The molecule has 9 heteroatoms. The first-order chi connectivity index (χ1) is 14.2. The Morgan fingerprint density at radius 3 is 2.47 bits per heavy atom. The summed E-state index contributed by atoms with van der Waals surface area (Å²) in [5, 5.41) is 2.68. The van der Waals surface area contributed by atoms with E-state index >= 15 is 0 Å². The number of carbonyl (C=O) groups is 1. The van der Waals surface area contributed by atoms with Crippen LogP contribution in [0.15, 0.2) is 49.1 Å². The van der Waals surface area contributed by atoms with E-state index in [1.165, 1.54) is 12.1 Å². The summed E-state index contributed by atoms with van der Waals surface area (Å²) in [7, 11) is -3.48. The highest BCUT2D eigenvalue weighted by molar-refractivity contribution is 7.88. The van der Waals surface area contributed by atoms with E-state index in [-0.39, 0.29) is 17.9 Å². The van der Waals surface area contributed by atoms with Crippen molar-refractivity contribution in [2.75, 3.05) is 11.9 Å². The number of aryl methyl sites for hydroxylation is 2. The van der Waals surface area contributed by atoms with E-state index < -0.39 is 21.7 Å². The molecular weight excluding hydrogens is 407 g/mol. The van der Waals surface area contributed by atoms with Gasteiger partial charge in [0, 0.05) is 18.3 Å². The lowest BCUT2D eigenvalue weighted by atomic mass is 10.1. The van der Waals surface area contributed by atoms with Gasteiger partial charge >= 0.3 is 0 Å². The fraction of sp³-hybridized carbons (Fsp3) is 0.190. The van der Waals surface area contributed by atoms with E-state index in [2.05, 4.69) is 26.6 Å². The minimum atomic E-state index is -3.48. The van der Waals surface area contributed by atoms with Crippen molar-refractivity contribution >= 4 is 32.7 Å². The van der Waals surface area contributed by atoms with Gasteiger partial charge < -0.3 is 5.32 Å². The average Bonchev–Trinajstić information content (AvgIpc) is 2.68. The third-order valence-corrected chi connectivity index (χ3v) is 5.73. The normalized spacial score (nSPS) is 11.4. The van der Waals surface area contributed by atoms with Crippen molar-refractivity contribution in [2.24, 2.45) is 0 Å². The highest BCUT2D eigenvalue weighted by Gasteiger charge is 2.16. The zero-order valence-electron chi connectivity index (χ0n) is 16.6. The Morgan fingerprint density at radius 1 is 1.13 bits per heavy atom. The molecule has 1 amide bonds. The standard InChI is InChI=1S/C21H21FN4O3S/c1-4-9-23-30(28,29)12-15-5-7-17(8-6-15)26-21(27)18-10-16(22)11-19-20(18)25-14(3)13(2)24-19/h4-8,10-11,23H,1,9,12H2,2-3H3,(H,26,27). The number of hydrogen-bond acceptors (Lipinski definition) is 5. The van der Waals surface area contributed by atoms with Crippen molar-refractivity contribution in [3.63, 3.8) is 0 Å². The Balaban J connectivity index is 1.81. The lowest BCUT2D eigenvalue weighted by molar-refractivity contribution is 0.102. The van der Waals surface area contributed by atoms with E-state index in [0.717, 1.165) is 6.07 Å². The van der Waals surface area contributed by atoms with E-state index in [1.807, 2.05) is 0 Å². The maximum atomic E-state index is 14.0. The summed E-state index contributed by atoms with van der Waals surface area (Å²) in [6.07, 6.45) is 1.46. The Morgan fingerprint density at radius 2 is 1.80 bits per heavy atom. The van der Waals surface area contributed by atoms with E-state index in [9.17, 15) is 17.6 Å². The molecule has 3 rings (SSSR count). The van der Waals surface area contributed by atoms with Gasteiger partial charge in [0.25, 0.3) is 5.91 Å². The average molecular weight is 428 g/mol. The van der Waals surface area contributed by atoms with Crippen LogP contribution in [-0.2, 0) is 15.8 Å². The van der Waals surface area contributed by atoms with Gasteiger partial charge in [-0.3, -0.25) is 4.79 Å². The molecule has 2 aromatic carbocycles. The number of nitrogens with zero attached hydrogens (tertiary/aromatic N) is 2. The topological polar surface area (TPSA) is 101 Å². The number of amides is 1. The Kier molecular flexibility index (Phi) is 6.23. The first-order valence-electron chi connectivity index (χ1n) is 9.11. The molecule has 0 radical (unpaired) electrons. The Bertz CT molecular complexity index is 1230. The second kappa shape index (κ2) is 8.68. The zero-order chi connectivity index (χ0) is 21.9. The first-order valence-corrected chi connectivity index (χ1v) is 10.8. The van der Waals surface area contributed by atoms with Crippen molar-refractivity contribution in [3.8, 4) is 0 Å². The number of hydrogen-bond donors (Lipinski definition) is 2. The Hall–Kier alpha value is -3.17. The number of nitrogens with one attached hydrogen (secondary N) is 2. The Labute approximate surface area is 174 Å². The molecule has 0 bridgehead atoms. The molecule has 2 N–H and O–H groups in total. The number of rotatable bonds is 7. The summed E-state index contributed by atoms with van der Waals surface area (Å²) in [5.41, 5.74) is 2.99. The predicted molar refractivity (Wildman–Crippen MR) is 114 cm³/mol. The number of benzene rings is 2. The van der Waals surface area contributed by atoms with Crippen LogP contribution in [0.4, 0.5) is 10.1 Å². The van der Waals surface area contributed by atoms with E-state index in [0.29, 0.717) is 33.7 Å². The number of fused-ring (bicyclic) bond motifs is 1. The summed E-state index contributed by atoms with van der Waals surface area (Å²) in [6.45, 7) is 7.15. The number of halogens is 1. The van der Waals surface area contributed by atoms with E-state index in [1.54, 1.807) is 38.1 Å². The van der Waals surface area contributed by atoms with Crippen LogP contribution in [0.3, 0.4) is 0 Å². The summed E-state index contributed by atoms with van der Waals surface area (Å²) >= 11 is 0. The predicted octanol–water partition coefficient (Wildman–Crippen LogP) is 3.24. The van der Waals surface area contributed by atoms with Gasteiger partial charge in [-0.15, -0.1) is 6.58 Å². The molecule has 0 aliphatic rings. The molecule has 0 saturated heterocycles. The van der Waals surface area contributed by atoms with Crippen molar-refractivity contribution in [1.82, 2.24) is 14.7 Å². The first kappa shape index (κ1) is 21.5. The summed E-state index contributed by atoms with van der Waals surface area (Å²) in [4.78, 5) is 21.4. The molecule has 0 fully saturated rings. The molecule has 0 atom stereocenters. The largest absolute Gasteiger partial charge is 0.322 e. The molecular formula is C21H21FN4O3S. The maximum Gasteiger partial charge on any atom is 0.258 e. The number of aromatic nitrogens is 2. The van der Waals surface area contributed by atoms with Crippen LogP contribution in [0.25, 0.3) is 11.0 Å². The number of sulfonamides is 1. The molecule has 1 aromatic heterocycles. The summed E-state index contributed by atoms with van der Waals surface area (Å²) in [5.74, 6) is -1.32. The van der Waals surface area contributed by atoms with Crippen LogP contribution >= 0.6 is 0 Å². The molecule has 0 aliphatic heterocycles. The molecule has 156 valence electrons. The summed E-state index contributed by atoms with van der Waals surface area (Å²) < 4.78 is 40.3. The number of anilines is 1. The number of carbonyl (C=O) groups excluding carboxylic acids is 1. The van der Waals surface area contributed by atoms with E-state index in [4.69, 9.17) is 0 Å². The quantitative estimate of drug-likeness (QED) is 0.563. The van der Waals surface area contributed by atoms with Crippen molar-refractivity contribution in [2.45, 2.75) is 19.6 Å². The minimum absolute atomic E-state index is 0.0703. The summed E-state index contributed by atoms with van der Waals surface area (Å²) in [6, 6.07) is 8.71. The third-order valence-electron chi connectivity index (χ3n) is 4.41. The lowest BCUT2D eigenvalue weighted by Gasteiger charge is -2.10. The van der Waals surface area contributed by atoms with Crippen molar-refractivity contribution in [3.05, 3.63) is 77.4 Å². The van der Waals surface area contributed by atoms with Crippen LogP contribution in [0, 0.1) is 19.7 Å². The maximum absolute atomic E-state index is 14.0. The SMILES string of the molecule is C=CCNS(=O)(=O)Cc1ccc(NC(=O)c2cc(F)cc3nc(C)c(C)nc23)cc1. The van der Waals surface area contributed by atoms with Gasteiger partial charge in [0.2, 0.25) is 10.0 Å². The minimum Gasteiger partial charge on any atom is -0.322 e. The molecule has 0 unspecified atom stereocenters. The van der Waals surface area contributed by atoms with Crippen LogP contribution < -0.4 is 10.0 Å². The molecule has 1 heterocycles. The molecule has 3 aromatic rings. The lowest BCUT2D eigenvalue weighted by Crippen LogP contribution is -2.25. The highest BCUT2D eigenvalue weighted by Crippen LogP contribution is 2.21. The molecule has 30 heavy (non-hydrogen) atoms. The highest BCUT2D eigenvalue weighted by atomic mass is 32.2. The smallest absolute Gasteiger partial charge is 0.258 e. The van der Waals surface area contributed by atoms with Gasteiger partial charge in [-0.05, 0) is 37.6 Å². The second-order valence-electron chi connectivity index (χ2n) is 6.76. The molecule has 0 spiro atoms. The van der Waals surface area contributed by atoms with Crippen LogP contribution in [0.2, 0.25) is 0 Å². The molecule has 0 saturated carbocycles. The monoisotopic (exact) mass is 428 g/mol. The van der Waals surface area contributed by atoms with Crippen molar-refractivity contribution < 1.29 is 17.6 Å². The van der Waals surface area contributed by atoms with Crippen LogP contribution in [0.5, 0.6) is 0 Å². The van der Waals surface area contributed by atoms with Crippen LogP contribution in [0.1, 0.15) is 27.3 Å². The van der Waals surface area contributed by atoms with Gasteiger partial charge in [-0.1, -0.05) is 18.2 Å². The third kappa shape index (κ3) is 5.05. The fourth-order valence-corrected chi connectivity index (χ4v) is 3.92. The molecule has 0 aliphatic carbocycles. The van der Waals surface area contributed by atoms with Gasteiger partial charge in [0.1, 0.15) is 11.3 Å². The fourth-order valence-electron chi connectivity index (χ4n) is 2.81. The van der Waals surface area contributed by atoms with Gasteiger partial charge in [-0.25, -0.2) is 27.5 Å². The van der Waals surface area contributed by atoms with Crippen LogP contribution in [-0.4, -0.2) is 30.8 Å². The van der Waals surface area contributed by atoms with Gasteiger partial charge in [0.05, 0.1) is 28.2 Å².